The number of nitrogens with zero attached hydrogens (tertiary/aromatic N) is 5. The molecule has 0 atom stereocenters. The lowest BCUT2D eigenvalue weighted by atomic mass is 10.2. The number of pyridine rings is 1. The molecular formula is C15H16N6OS. The van der Waals surface area contributed by atoms with E-state index in [0.29, 0.717) is 29.7 Å². The molecule has 1 N–H and O–H groups in total. The van der Waals surface area contributed by atoms with Crippen molar-refractivity contribution in [1.82, 2.24) is 19.8 Å². The highest BCUT2D eigenvalue weighted by atomic mass is 32.1. The topological polar surface area (TPSA) is 85.2 Å². The number of anilines is 2. The third-order valence-electron chi connectivity index (χ3n) is 3.62. The predicted molar refractivity (Wildman–Crippen MR) is 87.3 cm³/mol. The van der Waals surface area contributed by atoms with Gasteiger partial charge < -0.3 is 10.2 Å². The largest absolute Gasteiger partial charge is 0.343 e. The lowest BCUT2D eigenvalue weighted by Crippen LogP contribution is -2.47. The summed E-state index contributed by atoms with van der Waals surface area (Å²) in [6.45, 7) is 2.77. The highest BCUT2D eigenvalue weighted by Gasteiger charge is 2.20. The molecule has 1 saturated heterocycles. The Hall–Kier alpha value is -2.50. The molecule has 0 spiro atoms. The minimum atomic E-state index is 0.149. The molecule has 3 heterocycles. The number of hydrogen-bond donors (Lipinski definition) is 1. The summed E-state index contributed by atoms with van der Waals surface area (Å²) in [5, 5.41) is 14.2. The fourth-order valence-corrected chi connectivity index (χ4v) is 2.98. The minimum absolute atomic E-state index is 0.149. The Bertz CT molecular complexity index is 752. The van der Waals surface area contributed by atoms with E-state index in [1.165, 1.54) is 11.3 Å². The average molecular weight is 328 g/mol. The number of carbonyl (C=O) groups is 1. The summed E-state index contributed by atoms with van der Waals surface area (Å²) in [7, 11) is 1.83. The van der Waals surface area contributed by atoms with Crippen molar-refractivity contribution in [2.45, 2.75) is 6.54 Å². The Kier molecular flexibility index (Phi) is 4.50. The number of carbonyl (C=O) groups excluding carboxylic acids is 1. The molecule has 0 bridgehead atoms. The van der Waals surface area contributed by atoms with Crippen LogP contribution in [-0.2, 0) is 11.3 Å². The first kappa shape index (κ1) is 15.4. The average Bonchev–Trinajstić information content (AvgIpc) is 2.99. The second-order valence-electron chi connectivity index (χ2n) is 5.35. The summed E-state index contributed by atoms with van der Waals surface area (Å²) < 4.78 is 0. The van der Waals surface area contributed by atoms with Gasteiger partial charge >= 0.3 is 0 Å². The zero-order valence-electron chi connectivity index (χ0n) is 12.7. The van der Waals surface area contributed by atoms with Crippen molar-refractivity contribution < 1.29 is 4.79 Å². The van der Waals surface area contributed by atoms with E-state index in [4.69, 9.17) is 5.26 Å². The second kappa shape index (κ2) is 6.73. The van der Waals surface area contributed by atoms with Crippen LogP contribution in [0.4, 0.5) is 10.9 Å². The summed E-state index contributed by atoms with van der Waals surface area (Å²) in [5.74, 6) is 0.831. The normalized spacial score (nSPS) is 15.5. The molecule has 118 valence electrons. The van der Waals surface area contributed by atoms with Gasteiger partial charge in [0.05, 0.1) is 6.54 Å². The van der Waals surface area contributed by atoms with Gasteiger partial charge in [0.1, 0.15) is 11.9 Å². The molecule has 0 radical (unpaired) electrons. The van der Waals surface area contributed by atoms with E-state index < -0.39 is 0 Å². The summed E-state index contributed by atoms with van der Waals surface area (Å²) in [4.78, 5) is 24.0. The smallest absolute Gasteiger partial charge is 0.236 e. The maximum Gasteiger partial charge on any atom is 0.236 e. The fourth-order valence-electron chi connectivity index (χ4n) is 2.33. The maximum absolute atomic E-state index is 11.8. The monoisotopic (exact) mass is 328 g/mol. The highest BCUT2D eigenvalue weighted by molar-refractivity contribution is 7.13. The van der Waals surface area contributed by atoms with Crippen LogP contribution in [0.15, 0.2) is 23.7 Å². The number of hydrogen-bond acceptors (Lipinski definition) is 7. The standard InChI is InChI=1S/C15H16N6OS/c1-20-4-5-21(9-14(20)22)8-11-2-3-17-13(6-11)19-15-18-12(7-16)10-23-15/h2-3,6,10H,4-5,8-9H2,1H3,(H,17,18,19). The van der Waals surface area contributed by atoms with Gasteiger partial charge in [-0.05, 0) is 17.7 Å². The quantitative estimate of drug-likeness (QED) is 0.914. The van der Waals surface area contributed by atoms with Crippen LogP contribution < -0.4 is 5.32 Å². The van der Waals surface area contributed by atoms with E-state index in [0.717, 1.165) is 18.7 Å². The molecule has 3 rings (SSSR count). The Morgan fingerprint density at radius 2 is 2.35 bits per heavy atom. The Labute approximate surface area is 138 Å². The van der Waals surface area contributed by atoms with E-state index in [1.54, 1.807) is 16.5 Å². The van der Waals surface area contributed by atoms with E-state index in [-0.39, 0.29) is 5.91 Å². The molecule has 2 aromatic heterocycles. The van der Waals surface area contributed by atoms with Crippen LogP contribution in [0.3, 0.4) is 0 Å². The summed E-state index contributed by atoms with van der Waals surface area (Å²) in [6, 6.07) is 5.88. The molecule has 0 aliphatic carbocycles. The van der Waals surface area contributed by atoms with Gasteiger partial charge in [-0.2, -0.15) is 5.26 Å². The number of thiazole rings is 1. The number of aromatic nitrogens is 2. The molecule has 1 amide bonds. The molecule has 0 saturated carbocycles. The number of nitriles is 1. The zero-order chi connectivity index (χ0) is 16.2. The van der Waals surface area contributed by atoms with Crippen molar-refractivity contribution in [3.05, 3.63) is 35.0 Å². The number of piperazine rings is 1. The van der Waals surface area contributed by atoms with Gasteiger partial charge in [0, 0.05) is 38.3 Å². The highest BCUT2D eigenvalue weighted by Crippen LogP contribution is 2.20. The summed E-state index contributed by atoms with van der Waals surface area (Å²) in [5.41, 5.74) is 1.47. The van der Waals surface area contributed by atoms with Gasteiger partial charge in [0.15, 0.2) is 10.8 Å². The molecule has 2 aromatic rings. The molecule has 1 fully saturated rings. The van der Waals surface area contributed by atoms with Gasteiger partial charge in [-0.3, -0.25) is 9.69 Å². The lowest BCUT2D eigenvalue weighted by molar-refractivity contribution is -0.134. The van der Waals surface area contributed by atoms with Crippen molar-refractivity contribution in [1.29, 1.82) is 5.26 Å². The van der Waals surface area contributed by atoms with E-state index >= 15 is 0 Å². The molecule has 0 unspecified atom stereocenters. The first-order chi connectivity index (χ1) is 11.1. The molecular weight excluding hydrogens is 312 g/mol. The van der Waals surface area contributed by atoms with Gasteiger partial charge in [0.25, 0.3) is 0 Å². The number of rotatable bonds is 4. The molecule has 1 aliphatic heterocycles. The third-order valence-corrected chi connectivity index (χ3v) is 4.38. The molecule has 1 aliphatic rings. The predicted octanol–water partition coefficient (Wildman–Crippen LogP) is 1.43. The molecule has 0 aromatic carbocycles. The van der Waals surface area contributed by atoms with Crippen LogP contribution in [0.5, 0.6) is 0 Å². The van der Waals surface area contributed by atoms with Crippen molar-refractivity contribution >= 4 is 28.2 Å². The maximum atomic E-state index is 11.8. The van der Waals surface area contributed by atoms with Gasteiger partial charge in [-0.25, -0.2) is 9.97 Å². The Morgan fingerprint density at radius 1 is 1.48 bits per heavy atom. The van der Waals surface area contributed by atoms with E-state index in [9.17, 15) is 4.79 Å². The first-order valence-corrected chi connectivity index (χ1v) is 8.06. The van der Waals surface area contributed by atoms with Crippen LogP contribution in [0.1, 0.15) is 11.3 Å². The van der Waals surface area contributed by atoms with Gasteiger partial charge in [0.2, 0.25) is 5.91 Å². The van der Waals surface area contributed by atoms with Crippen molar-refractivity contribution in [3.63, 3.8) is 0 Å². The fraction of sp³-hybridized carbons (Fsp3) is 0.333. The number of amides is 1. The van der Waals surface area contributed by atoms with Gasteiger partial charge in [-0.15, -0.1) is 11.3 Å². The summed E-state index contributed by atoms with van der Waals surface area (Å²) in [6.07, 6.45) is 1.73. The van der Waals surface area contributed by atoms with Crippen molar-refractivity contribution in [2.24, 2.45) is 0 Å². The third kappa shape index (κ3) is 3.83. The van der Waals surface area contributed by atoms with Crippen LogP contribution in [0.25, 0.3) is 0 Å². The Balaban J connectivity index is 1.65. The SMILES string of the molecule is CN1CCN(Cc2ccnc(Nc3nc(C#N)cs3)c2)CC1=O. The first-order valence-electron chi connectivity index (χ1n) is 7.18. The second-order valence-corrected chi connectivity index (χ2v) is 6.21. The van der Waals surface area contributed by atoms with Gasteiger partial charge in [-0.1, -0.05) is 0 Å². The number of nitrogens with one attached hydrogen (secondary N) is 1. The number of likely N-dealkylation sites (N-methyl/N-ethyl adjacent to an activating group) is 1. The van der Waals surface area contributed by atoms with Crippen molar-refractivity contribution in [3.8, 4) is 6.07 Å². The lowest BCUT2D eigenvalue weighted by Gasteiger charge is -2.31. The minimum Gasteiger partial charge on any atom is -0.343 e. The molecule has 23 heavy (non-hydrogen) atoms. The Morgan fingerprint density at radius 3 is 3.09 bits per heavy atom. The van der Waals surface area contributed by atoms with E-state index in [1.807, 2.05) is 25.2 Å². The molecule has 8 heteroatoms. The molecule has 7 nitrogen and oxygen atoms in total. The van der Waals surface area contributed by atoms with Crippen LogP contribution >= 0.6 is 11.3 Å². The van der Waals surface area contributed by atoms with Crippen LogP contribution in [-0.4, -0.2) is 52.4 Å². The zero-order valence-corrected chi connectivity index (χ0v) is 13.5. The van der Waals surface area contributed by atoms with Crippen LogP contribution in [0, 0.1) is 11.3 Å². The van der Waals surface area contributed by atoms with E-state index in [2.05, 4.69) is 20.2 Å². The van der Waals surface area contributed by atoms with Crippen molar-refractivity contribution in [2.75, 3.05) is 32.0 Å². The van der Waals surface area contributed by atoms with Crippen LogP contribution in [0.2, 0.25) is 0 Å². The summed E-state index contributed by atoms with van der Waals surface area (Å²) >= 11 is 1.37.